The van der Waals surface area contributed by atoms with Crippen LogP contribution in [0.1, 0.15) is 39.0 Å². The Labute approximate surface area is 63.0 Å². The lowest BCUT2D eigenvalue weighted by Crippen LogP contribution is -2.67. The van der Waals surface area contributed by atoms with Crippen molar-refractivity contribution in [1.82, 2.24) is 0 Å². The highest BCUT2D eigenvalue weighted by Crippen LogP contribution is 2.77. The average molecular weight is 136 g/mol. The number of rotatable bonds is 1. The summed E-state index contributed by atoms with van der Waals surface area (Å²) in [5.74, 6) is 3.57. The molecule has 0 heterocycles. The topological polar surface area (TPSA) is 0 Å². The summed E-state index contributed by atoms with van der Waals surface area (Å²) in [6, 6.07) is 0. The van der Waals surface area contributed by atoms with Crippen LogP contribution in [0.15, 0.2) is 0 Å². The molecule has 3 saturated carbocycles. The maximum Gasteiger partial charge on any atom is -0.0212 e. The molecule has 0 aromatic rings. The van der Waals surface area contributed by atoms with Crippen LogP contribution in [0.2, 0.25) is 0 Å². The van der Waals surface area contributed by atoms with Crippen LogP contribution in [0.25, 0.3) is 0 Å². The fourth-order valence-electron chi connectivity index (χ4n) is 4.09. The molecule has 0 aromatic carbocycles. The molecule has 3 aliphatic carbocycles. The van der Waals surface area contributed by atoms with E-state index in [4.69, 9.17) is 0 Å². The molecule has 1 spiro atoms. The lowest BCUT2D eigenvalue weighted by Gasteiger charge is -2.75. The Kier molecular flexibility index (Phi) is 0.810. The van der Waals surface area contributed by atoms with Crippen molar-refractivity contribution < 1.29 is 0 Å². The fraction of sp³-hybridized carbons (Fsp3) is 1.00. The van der Waals surface area contributed by atoms with Crippen LogP contribution in [0.4, 0.5) is 0 Å². The normalized spacial score (nSPS) is 62.7. The van der Waals surface area contributed by atoms with Gasteiger partial charge in [-0.25, -0.2) is 0 Å². The van der Waals surface area contributed by atoms with E-state index < -0.39 is 0 Å². The van der Waals surface area contributed by atoms with Gasteiger partial charge in [0.15, 0.2) is 0 Å². The Hall–Kier alpha value is 0. The van der Waals surface area contributed by atoms with Crippen LogP contribution in [0.5, 0.6) is 0 Å². The third-order valence-corrected chi connectivity index (χ3v) is 4.84. The molecule has 0 N–H and O–H groups in total. The molecule has 4 unspecified atom stereocenters. The van der Waals surface area contributed by atoms with Crippen LogP contribution in [-0.2, 0) is 0 Å². The van der Waals surface area contributed by atoms with Crippen molar-refractivity contribution in [2.45, 2.75) is 39.0 Å². The predicted octanol–water partition coefficient (Wildman–Crippen LogP) is 2.83. The first kappa shape index (κ1) is 5.62. The van der Waals surface area contributed by atoms with Gasteiger partial charge in [-0.3, -0.25) is 0 Å². The summed E-state index contributed by atoms with van der Waals surface area (Å²) in [5, 5.41) is 0. The van der Waals surface area contributed by atoms with E-state index in [1.807, 2.05) is 0 Å². The molecule has 4 atom stereocenters. The van der Waals surface area contributed by atoms with Crippen LogP contribution >= 0.6 is 0 Å². The zero-order valence-corrected chi connectivity index (χ0v) is 6.77. The highest BCUT2D eigenvalue weighted by atomic mass is 14.7. The highest BCUT2D eigenvalue weighted by molar-refractivity contribution is 5.18. The van der Waals surface area contributed by atoms with E-state index in [9.17, 15) is 0 Å². The van der Waals surface area contributed by atoms with Crippen molar-refractivity contribution in [3.63, 3.8) is 0 Å². The van der Waals surface area contributed by atoms with Gasteiger partial charge in [0.1, 0.15) is 0 Å². The van der Waals surface area contributed by atoms with Crippen molar-refractivity contribution in [3.05, 3.63) is 0 Å². The van der Waals surface area contributed by atoms with Gasteiger partial charge < -0.3 is 0 Å². The zero-order chi connectivity index (χ0) is 6.77. The number of hydrogen-bond donors (Lipinski definition) is 0. The maximum absolute atomic E-state index is 2.38. The third kappa shape index (κ3) is 0.339. The van der Waals surface area contributed by atoms with Gasteiger partial charge in [-0.2, -0.15) is 0 Å². The van der Waals surface area contributed by atoms with Gasteiger partial charge >= 0.3 is 0 Å². The molecule has 3 aliphatic rings. The molecule has 0 amide bonds. The molecular weight excluding hydrogens is 120 g/mol. The van der Waals surface area contributed by atoms with Crippen LogP contribution in [0.3, 0.4) is 0 Å². The molecule has 3 rings (SSSR count). The van der Waals surface area contributed by atoms with Gasteiger partial charge in [0.05, 0.1) is 0 Å². The molecule has 56 valence electrons. The number of hydrogen-bond acceptors (Lipinski definition) is 0. The maximum atomic E-state index is 2.38. The standard InChI is InChI=1S/C10H16/c1-2-7-5-9-6-8-3-4-10(7,8)9/h7-9H,2-6H2,1H3. The molecule has 0 nitrogen and oxygen atoms in total. The fourth-order valence-corrected chi connectivity index (χ4v) is 4.09. The van der Waals surface area contributed by atoms with E-state index >= 15 is 0 Å². The second-order valence-corrected chi connectivity index (χ2v) is 4.62. The molecule has 0 saturated heterocycles. The summed E-state index contributed by atoms with van der Waals surface area (Å²) in [4.78, 5) is 0. The Balaban J connectivity index is 1.84. The minimum Gasteiger partial charge on any atom is -0.0651 e. The van der Waals surface area contributed by atoms with Crippen LogP contribution < -0.4 is 0 Å². The summed E-state index contributed by atoms with van der Waals surface area (Å²) in [6.45, 7) is 2.38. The summed E-state index contributed by atoms with van der Waals surface area (Å²) in [7, 11) is 0. The van der Waals surface area contributed by atoms with E-state index in [2.05, 4.69) is 6.92 Å². The third-order valence-electron chi connectivity index (χ3n) is 4.84. The van der Waals surface area contributed by atoms with E-state index in [0.29, 0.717) is 0 Å². The van der Waals surface area contributed by atoms with E-state index in [1.54, 1.807) is 25.7 Å². The van der Waals surface area contributed by atoms with Gasteiger partial charge in [0.25, 0.3) is 0 Å². The summed E-state index contributed by atoms with van der Waals surface area (Å²) in [6.07, 6.45) is 7.84. The first-order valence-electron chi connectivity index (χ1n) is 4.88. The van der Waals surface area contributed by atoms with E-state index in [-0.39, 0.29) is 0 Å². The van der Waals surface area contributed by atoms with Crippen molar-refractivity contribution in [1.29, 1.82) is 0 Å². The molecular formula is C10H16. The van der Waals surface area contributed by atoms with Crippen molar-refractivity contribution in [3.8, 4) is 0 Å². The minimum atomic E-state index is 0.967. The summed E-state index contributed by atoms with van der Waals surface area (Å²) < 4.78 is 0. The largest absolute Gasteiger partial charge is 0.0651 e. The van der Waals surface area contributed by atoms with Gasteiger partial charge in [0.2, 0.25) is 0 Å². The average Bonchev–Trinajstić information content (AvgIpc) is 1.85. The van der Waals surface area contributed by atoms with Gasteiger partial charge in [-0.1, -0.05) is 13.3 Å². The second-order valence-electron chi connectivity index (χ2n) is 4.62. The molecule has 0 aliphatic heterocycles. The molecule has 0 aromatic heterocycles. The first-order valence-corrected chi connectivity index (χ1v) is 4.88. The van der Waals surface area contributed by atoms with Crippen molar-refractivity contribution in [2.24, 2.45) is 23.2 Å². The molecule has 0 bridgehead atoms. The Morgan fingerprint density at radius 3 is 2.50 bits per heavy atom. The smallest absolute Gasteiger partial charge is 0.0212 e. The van der Waals surface area contributed by atoms with Gasteiger partial charge in [0, 0.05) is 0 Å². The monoisotopic (exact) mass is 136 g/mol. The van der Waals surface area contributed by atoms with Crippen LogP contribution in [0, 0.1) is 23.2 Å². The lowest BCUT2D eigenvalue weighted by molar-refractivity contribution is -0.263. The Bertz CT molecular complexity index is 167. The quantitative estimate of drug-likeness (QED) is 0.520. The van der Waals surface area contributed by atoms with Gasteiger partial charge in [-0.15, -0.1) is 0 Å². The first-order chi connectivity index (χ1) is 4.88. The van der Waals surface area contributed by atoms with E-state index in [1.165, 1.54) is 18.3 Å². The molecule has 0 heteroatoms. The van der Waals surface area contributed by atoms with E-state index in [0.717, 1.165) is 11.3 Å². The SMILES string of the molecule is CCC1CC2CC3CCC132. The van der Waals surface area contributed by atoms with Gasteiger partial charge in [-0.05, 0) is 48.9 Å². The van der Waals surface area contributed by atoms with Crippen molar-refractivity contribution >= 4 is 0 Å². The zero-order valence-electron chi connectivity index (χ0n) is 6.77. The Morgan fingerprint density at radius 2 is 2.20 bits per heavy atom. The summed E-state index contributed by atoms with van der Waals surface area (Å²) >= 11 is 0. The van der Waals surface area contributed by atoms with Crippen LogP contribution in [-0.4, -0.2) is 0 Å². The Morgan fingerprint density at radius 1 is 1.30 bits per heavy atom. The molecule has 10 heavy (non-hydrogen) atoms. The lowest BCUT2D eigenvalue weighted by atomic mass is 9.29. The highest BCUT2D eigenvalue weighted by Gasteiger charge is 2.69. The minimum absolute atomic E-state index is 0.967. The predicted molar refractivity (Wildman–Crippen MR) is 41.7 cm³/mol. The second kappa shape index (κ2) is 1.44. The molecule has 3 fully saturated rings. The molecule has 0 radical (unpaired) electrons. The summed E-state index contributed by atoms with van der Waals surface area (Å²) in [5.41, 5.74) is 0.967. The van der Waals surface area contributed by atoms with Crippen molar-refractivity contribution in [2.75, 3.05) is 0 Å².